The number of hydrogen-bond donors (Lipinski definition) is 1. The van der Waals surface area contributed by atoms with Crippen LogP contribution in [0.5, 0.6) is 0 Å². The molecule has 3 heterocycles. The van der Waals surface area contributed by atoms with Gasteiger partial charge in [-0.15, -0.1) is 5.10 Å². The zero-order valence-corrected chi connectivity index (χ0v) is 15.3. The number of amides is 1. The van der Waals surface area contributed by atoms with E-state index in [1.165, 1.54) is 5.56 Å². The van der Waals surface area contributed by atoms with E-state index in [2.05, 4.69) is 45.6 Å². The number of nitrogens with zero attached hydrogens (tertiary/aromatic N) is 4. The molecular weight excluding hydrogens is 342 g/mol. The topological polar surface area (TPSA) is 85.8 Å². The first-order valence-electron chi connectivity index (χ1n) is 9.06. The number of carbonyl (C=O) groups is 1. The van der Waals surface area contributed by atoms with E-state index in [9.17, 15) is 4.79 Å². The Hall–Kier alpha value is -2.77. The van der Waals surface area contributed by atoms with Crippen molar-refractivity contribution in [1.29, 1.82) is 0 Å². The molecule has 1 fully saturated rings. The molecule has 0 aliphatic carbocycles. The molecular formula is C20H22N5O2. The van der Waals surface area contributed by atoms with E-state index in [0.717, 1.165) is 43.7 Å². The smallest absolute Gasteiger partial charge is 0.252 e. The van der Waals surface area contributed by atoms with Crippen LogP contribution in [0.3, 0.4) is 0 Å². The second kappa shape index (κ2) is 7.46. The van der Waals surface area contributed by atoms with Gasteiger partial charge < -0.3 is 10.5 Å². The summed E-state index contributed by atoms with van der Waals surface area (Å²) in [6.07, 6.45) is 5.12. The van der Waals surface area contributed by atoms with Gasteiger partial charge in [0.05, 0.1) is 17.4 Å². The third-order valence-corrected chi connectivity index (χ3v) is 5.17. The van der Waals surface area contributed by atoms with E-state index in [4.69, 9.17) is 10.5 Å². The van der Waals surface area contributed by atoms with Gasteiger partial charge >= 0.3 is 0 Å². The minimum atomic E-state index is -0.527. The number of fused-ring (bicyclic) bond motifs is 1. The number of carbonyl (C=O) groups excluding carboxylic acids is 1. The zero-order chi connectivity index (χ0) is 18.8. The number of pyridine rings is 1. The quantitative estimate of drug-likeness (QED) is 0.747. The van der Waals surface area contributed by atoms with Crippen LogP contribution in [0.1, 0.15) is 28.8 Å². The van der Waals surface area contributed by atoms with Gasteiger partial charge in [-0.25, -0.2) is 9.50 Å². The van der Waals surface area contributed by atoms with Crippen LogP contribution in [0, 0.1) is 6.33 Å². The van der Waals surface area contributed by atoms with Crippen molar-refractivity contribution in [3.63, 3.8) is 0 Å². The Bertz CT molecular complexity index is 943. The molecule has 1 radical (unpaired) electrons. The normalized spacial score (nSPS) is 16.0. The fourth-order valence-electron chi connectivity index (χ4n) is 3.61. The summed E-state index contributed by atoms with van der Waals surface area (Å²) in [6.45, 7) is 3.05. The number of ether oxygens (including phenoxy) is 1. The van der Waals surface area contributed by atoms with E-state index < -0.39 is 5.91 Å². The van der Waals surface area contributed by atoms with Crippen LogP contribution < -0.4 is 5.73 Å². The van der Waals surface area contributed by atoms with Crippen LogP contribution >= 0.6 is 0 Å². The van der Waals surface area contributed by atoms with E-state index in [1.54, 1.807) is 17.7 Å². The molecule has 0 bridgehead atoms. The SMILES string of the molecule is COC1CCN(Cc2ccc(-c3ccc(C(N)=O)c4n[c]nn34)cc2)CC1. The molecule has 4 rings (SSSR count). The molecule has 1 aliphatic rings. The molecule has 0 saturated carbocycles. The fourth-order valence-corrected chi connectivity index (χ4v) is 3.61. The second-order valence-corrected chi connectivity index (χ2v) is 6.85. The second-order valence-electron chi connectivity index (χ2n) is 6.85. The number of likely N-dealkylation sites (tertiary alicyclic amines) is 1. The lowest BCUT2D eigenvalue weighted by molar-refractivity contribution is 0.0388. The number of rotatable bonds is 5. The summed E-state index contributed by atoms with van der Waals surface area (Å²) in [5.74, 6) is -0.527. The van der Waals surface area contributed by atoms with Gasteiger partial charge in [-0.05, 0) is 30.5 Å². The highest BCUT2D eigenvalue weighted by molar-refractivity contribution is 5.99. The molecule has 7 nitrogen and oxygen atoms in total. The molecule has 2 N–H and O–H groups in total. The lowest BCUT2D eigenvalue weighted by Gasteiger charge is -2.31. The summed E-state index contributed by atoms with van der Waals surface area (Å²) >= 11 is 0. The van der Waals surface area contributed by atoms with Gasteiger partial charge in [0.1, 0.15) is 0 Å². The first-order valence-corrected chi connectivity index (χ1v) is 9.06. The van der Waals surface area contributed by atoms with Crippen LogP contribution in [-0.4, -0.2) is 51.7 Å². The largest absolute Gasteiger partial charge is 0.381 e. The molecule has 0 atom stereocenters. The van der Waals surface area contributed by atoms with Crippen molar-refractivity contribution in [2.24, 2.45) is 5.73 Å². The van der Waals surface area contributed by atoms with Gasteiger partial charge in [0.25, 0.3) is 5.91 Å². The van der Waals surface area contributed by atoms with Gasteiger partial charge in [-0.2, -0.15) is 0 Å². The van der Waals surface area contributed by atoms with E-state index in [1.807, 2.05) is 6.07 Å². The van der Waals surface area contributed by atoms with Crippen molar-refractivity contribution in [3.05, 3.63) is 53.9 Å². The number of benzene rings is 1. The molecule has 1 saturated heterocycles. The number of primary amides is 1. The van der Waals surface area contributed by atoms with Crippen LogP contribution in [-0.2, 0) is 11.3 Å². The number of piperidine rings is 1. The average molecular weight is 364 g/mol. The maximum atomic E-state index is 11.5. The molecule has 1 aromatic carbocycles. The Morgan fingerprint density at radius 2 is 1.96 bits per heavy atom. The molecule has 0 unspecified atom stereocenters. The molecule has 139 valence electrons. The minimum Gasteiger partial charge on any atom is -0.381 e. The molecule has 1 aliphatic heterocycles. The number of aromatic nitrogens is 3. The summed E-state index contributed by atoms with van der Waals surface area (Å²) in [6, 6.07) is 11.9. The highest BCUT2D eigenvalue weighted by Gasteiger charge is 2.19. The Labute approximate surface area is 157 Å². The highest BCUT2D eigenvalue weighted by Crippen LogP contribution is 2.23. The highest BCUT2D eigenvalue weighted by atomic mass is 16.5. The van der Waals surface area contributed by atoms with Gasteiger partial charge in [-0.3, -0.25) is 9.69 Å². The van der Waals surface area contributed by atoms with Crippen molar-refractivity contribution < 1.29 is 9.53 Å². The Kier molecular flexibility index (Phi) is 4.87. The predicted octanol–water partition coefficient (Wildman–Crippen LogP) is 1.91. The summed E-state index contributed by atoms with van der Waals surface area (Å²) < 4.78 is 7.04. The van der Waals surface area contributed by atoms with Crippen molar-refractivity contribution in [2.75, 3.05) is 20.2 Å². The van der Waals surface area contributed by atoms with E-state index in [0.29, 0.717) is 17.3 Å². The summed E-state index contributed by atoms with van der Waals surface area (Å²) in [7, 11) is 1.79. The Morgan fingerprint density at radius 1 is 1.22 bits per heavy atom. The van der Waals surface area contributed by atoms with Gasteiger partial charge in [0.2, 0.25) is 6.33 Å². The first kappa shape index (κ1) is 17.6. The monoisotopic (exact) mass is 364 g/mol. The predicted molar refractivity (Wildman–Crippen MR) is 101 cm³/mol. The molecule has 1 amide bonds. The summed E-state index contributed by atoms with van der Waals surface area (Å²) in [4.78, 5) is 18.0. The van der Waals surface area contributed by atoms with Crippen molar-refractivity contribution >= 4 is 11.6 Å². The third-order valence-electron chi connectivity index (χ3n) is 5.17. The number of hydrogen-bond acceptors (Lipinski definition) is 5. The number of methoxy groups -OCH3 is 1. The van der Waals surface area contributed by atoms with Crippen LogP contribution in [0.25, 0.3) is 16.9 Å². The van der Waals surface area contributed by atoms with Gasteiger partial charge in [0.15, 0.2) is 5.65 Å². The Morgan fingerprint density at radius 3 is 2.63 bits per heavy atom. The Balaban J connectivity index is 1.53. The van der Waals surface area contributed by atoms with Gasteiger partial charge in [0, 0.05) is 32.3 Å². The summed E-state index contributed by atoms with van der Waals surface area (Å²) in [5, 5.41) is 4.12. The molecule has 7 heteroatoms. The van der Waals surface area contributed by atoms with Crippen LogP contribution in [0.2, 0.25) is 0 Å². The minimum absolute atomic E-state index is 0.337. The molecule has 27 heavy (non-hydrogen) atoms. The molecule has 3 aromatic rings. The third kappa shape index (κ3) is 3.56. The molecule has 0 spiro atoms. The van der Waals surface area contributed by atoms with Crippen LogP contribution in [0.15, 0.2) is 36.4 Å². The molecule has 2 aromatic heterocycles. The number of nitrogens with two attached hydrogens (primary N) is 1. The van der Waals surface area contributed by atoms with Crippen LogP contribution in [0.4, 0.5) is 0 Å². The van der Waals surface area contributed by atoms with E-state index in [-0.39, 0.29) is 0 Å². The summed E-state index contributed by atoms with van der Waals surface area (Å²) in [5.41, 5.74) is 9.27. The average Bonchev–Trinajstić information content (AvgIpc) is 3.18. The fraction of sp³-hybridized carbons (Fsp3) is 0.350. The zero-order valence-electron chi connectivity index (χ0n) is 15.3. The van der Waals surface area contributed by atoms with Gasteiger partial charge in [-0.1, -0.05) is 24.3 Å². The maximum Gasteiger partial charge on any atom is 0.252 e. The van der Waals surface area contributed by atoms with E-state index >= 15 is 0 Å². The lowest BCUT2D eigenvalue weighted by Crippen LogP contribution is -2.36. The first-order chi connectivity index (χ1) is 13.2. The maximum absolute atomic E-state index is 11.5. The van der Waals surface area contributed by atoms with Crippen molar-refractivity contribution in [2.45, 2.75) is 25.5 Å². The standard InChI is InChI=1S/C20H22N5O2/c1-27-16-8-10-24(11-9-16)12-14-2-4-15(5-3-14)18-7-6-17(19(21)26)20-22-13-23-25(18)20/h2-7,16H,8-12H2,1H3,(H2,21,26). The lowest BCUT2D eigenvalue weighted by atomic mass is 10.0. The van der Waals surface area contributed by atoms with Crippen molar-refractivity contribution in [3.8, 4) is 11.3 Å². The van der Waals surface area contributed by atoms with Crippen molar-refractivity contribution in [1.82, 2.24) is 19.5 Å².